The van der Waals surface area contributed by atoms with Gasteiger partial charge in [0.25, 0.3) is 5.91 Å². The molecule has 0 radical (unpaired) electrons. The zero-order valence-corrected chi connectivity index (χ0v) is 16.7. The molecule has 0 atom stereocenters. The standard InChI is InChI=1S/C20H16Cl2N4O3/c21-15-3-2-14(16(22)10-15)12-26-6-5-17(25-26)20(27)24-23-11-13-1-4-18-19(9-13)29-8-7-28-18/h1-6,9-11H,7-8,12H2,(H,24,27)/b23-11-. The number of carbonyl (C=O) groups excluding carboxylic acids is 1. The third-order valence-corrected chi connectivity index (χ3v) is 4.75. The Bertz CT molecular complexity index is 1080. The largest absolute Gasteiger partial charge is 0.486 e. The van der Waals surface area contributed by atoms with Crippen molar-refractivity contribution in [1.29, 1.82) is 0 Å². The van der Waals surface area contributed by atoms with Crippen LogP contribution < -0.4 is 14.9 Å². The van der Waals surface area contributed by atoms with E-state index in [0.717, 1.165) is 11.1 Å². The number of hydrazone groups is 1. The number of fused-ring (bicyclic) bond motifs is 1. The third-order valence-electron chi connectivity index (χ3n) is 4.17. The number of halogens is 2. The topological polar surface area (TPSA) is 77.7 Å². The Labute approximate surface area is 176 Å². The van der Waals surface area contributed by atoms with Gasteiger partial charge in [0.05, 0.1) is 12.8 Å². The summed E-state index contributed by atoms with van der Waals surface area (Å²) in [6, 6.07) is 12.3. The summed E-state index contributed by atoms with van der Waals surface area (Å²) in [4.78, 5) is 12.3. The number of hydrogen-bond donors (Lipinski definition) is 1. The maximum atomic E-state index is 12.3. The minimum atomic E-state index is -0.417. The van der Waals surface area contributed by atoms with E-state index in [1.165, 1.54) is 6.21 Å². The zero-order valence-electron chi connectivity index (χ0n) is 15.1. The van der Waals surface area contributed by atoms with Crippen molar-refractivity contribution in [3.05, 3.63) is 75.5 Å². The minimum absolute atomic E-state index is 0.245. The van der Waals surface area contributed by atoms with Gasteiger partial charge in [0, 0.05) is 16.2 Å². The molecule has 0 aliphatic carbocycles. The van der Waals surface area contributed by atoms with Crippen molar-refractivity contribution < 1.29 is 14.3 Å². The first-order chi connectivity index (χ1) is 14.1. The molecule has 148 valence electrons. The molecular formula is C20H16Cl2N4O3. The lowest BCUT2D eigenvalue weighted by molar-refractivity contribution is 0.0949. The number of carbonyl (C=O) groups is 1. The first-order valence-corrected chi connectivity index (χ1v) is 9.54. The number of amides is 1. The van der Waals surface area contributed by atoms with Crippen LogP contribution in [-0.4, -0.2) is 35.1 Å². The monoisotopic (exact) mass is 430 g/mol. The highest BCUT2D eigenvalue weighted by Gasteiger charge is 2.12. The van der Waals surface area contributed by atoms with Crippen molar-refractivity contribution in [2.45, 2.75) is 6.54 Å². The molecule has 29 heavy (non-hydrogen) atoms. The van der Waals surface area contributed by atoms with Gasteiger partial charge in [0.2, 0.25) is 0 Å². The lowest BCUT2D eigenvalue weighted by atomic mass is 10.2. The molecule has 1 aliphatic rings. The van der Waals surface area contributed by atoms with Crippen LogP contribution in [-0.2, 0) is 6.54 Å². The highest BCUT2D eigenvalue weighted by molar-refractivity contribution is 6.35. The third kappa shape index (κ3) is 4.70. The average molecular weight is 431 g/mol. The van der Waals surface area contributed by atoms with E-state index in [4.69, 9.17) is 32.7 Å². The van der Waals surface area contributed by atoms with Crippen molar-refractivity contribution in [3.8, 4) is 11.5 Å². The Morgan fingerprint density at radius 3 is 2.79 bits per heavy atom. The van der Waals surface area contributed by atoms with Crippen LogP contribution in [0, 0.1) is 0 Å². The predicted octanol–water partition coefficient (Wildman–Crippen LogP) is 3.77. The van der Waals surface area contributed by atoms with Crippen molar-refractivity contribution in [3.63, 3.8) is 0 Å². The van der Waals surface area contributed by atoms with Gasteiger partial charge in [-0.3, -0.25) is 9.48 Å². The first-order valence-electron chi connectivity index (χ1n) is 8.79. The second-order valence-electron chi connectivity index (χ2n) is 6.24. The number of benzene rings is 2. The normalized spacial score (nSPS) is 12.9. The molecule has 1 amide bonds. The molecular weight excluding hydrogens is 415 g/mol. The fourth-order valence-corrected chi connectivity index (χ4v) is 3.23. The van der Waals surface area contributed by atoms with Crippen molar-refractivity contribution in [1.82, 2.24) is 15.2 Å². The molecule has 7 nitrogen and oxygen atoms in total. The van der Waals surface area contributed by atoms with Crippen molar-refractivity contribution in [2.75, 3.05) is 13.2 Å². The summed E-state index contributed by atoms with van der Waals surface area (Å²) < 4.78 is 12.6. The van der Waals surface area contributed by atoms with Crippen molar-refractivity contribution >= 4 is 35.3 Å². The Hall–Kier alpha value is -3.03. The van der Waals surface area contributed by atoms with Gasteiger partial charge in [0.15, 0.2) is 17.2 Å². The Balaban J connectivity index is 1.37. The van der Waals surface area contributed by atoms with Crippen LogP contribution in [0.1, 0.15) is 21.6 Å². The summed E-state index contributed by atoms with van der Waals surface area (Å²) in [7, 11) is 0. The average Bonchev–Trinajstić information content (AvgIpc) is 3.19. The molecule has 0 fully saturated rings. The maximum Gasteiger partial charge on any atom is 0.291 e. The fourth-order valence-electron chi connectivity index (χ4n) is 2.76. The quantitative estimate of drug-likeness (QED) is 0.493. The van der Waals surface area contributed by atoms with Gasteiger partial charge >= 0.3 is 0 Å². The van der Waals surface area contributed by atoms with E-state index in [2.05, 4.69) is 15.6 Å². The van der Waals surface area contributed by atoms with Gasteiger partial charge in [-0.05, 0) is 47.5 Å². The fraction of sp³-hybridized carbons (Fsp3) is 0.150. The molecule has 0 unspecified atom stereocenters. The molecule has 0 saturated heterocycles. The maximum absolute atomic E-state index is 12.3. The summed E-state index contributed by atoms with van der Waals surface area (Å²) >= 11 is 12.1. The number of nitrogens with one attached hydrogen (secondary N) is 1. The van der Waals surface area contributed by atoms with Crippen LogP contribution in [0.4, 0.5) is 0 Å². The number of nitrogens with zero attached hydrogens (tertiary/aromatic N) is 3. The van der Waals surface area contributed by atoms with Crippen molar-refractivity contribution in [2.24, 2.45) is 5.10 Å². The lowest BCUT2D eigenvalue weighted by Crippen LogP contribution is -2.19. The number of aromatic nitrogens is 2. The van der Waals surface area contributed by atoms with Gasteiger partial charge < -0.3 is 9.47 Å². The summed E-state index contributed by atoms with van der Waals surface area (Å²) in [6.07, 6.45) is 3.23. The molecule has 1 aliphatic heterocycles. The minimum Gasteiger partial charge on any atom is -0.486 e. The molecule has 0 spiro atoms. The van der Waals surface area contributed by atoms with Gasteiger partial charge in [-0.1, -0.05) is 29.3 Å². The van der Waals surface area contributed by atoms with E-state index in [9.17, 15) is 4.79 Å². The summed E-state index contributed by atoms with van der Waals surface area (Å²) in [5, 5.41) is 9.34. The molecule has 2 heterocycles. The molecule has 9 heteroatoms. The van der Waals surface area contributed by atoms with Crippen LogP contribution >= 0.6 is 23.2 Å². The molecule has 0 saturated carbocycles. The SMILES string of the molecule is O=C(N/N=C\c1ccc2c(c1)OCCO2)c1ccn(Cc2ccc(Cl)cc2Cl)n1. The number of ether oxygens (including phenoxy) is 2. The van der Waals surface area contributed by atoms with Crippen LogP contribution in [0.25, 0.3) is 0 Å². The Kier molecular flexibility index (Phi) is 5.69. The van der Waals surface area contributed by atoms with E-state index in [0.29, 0.717) is 41.3 Å². The van der Waals surface area contributed by atoms with E-state index in [-0.39, 0.29) is 5.69 Å². The zero-order chi connectivity index (χ0) is 20.2. The van der Waals surface area contributed by atoms with Crippen LogP contribution in [0.2, 0.25) is 10.0 Å². The Morgan fingerprint density at radius 2 is 1.97 bits per heavy atom. The van der Waals surface area contributed by atoms with Crippen LogP contribution in [0.3, 0.4) is 0 Å². The van der Waals surface area contributed by atoms with Gasteiger partial charge in [-0.25, -0.2) is 5.43 Å². The number of hydrogen-bond acceptors (Lipinski definition) is 5. The van der Waals surface area contributed by atoms with E-state index in [1.807, 2.05) is 12.1 Å². The molecule has 4 rings (SSSR count). The first kappa shape index (κ1) is 19.3. The molecule has 1 aromatic heterocycles. The van der Waals surface area contributed by atoms with E-state index < -0.39 is 5.91 Å². The van der Waals surface area contributed by atoms with Gasteiger partial charge in [-0.15, -0.1) is 0 Å². The lowest BCUT2D eigenvalue weighted by Gasteiger charge is -2.18. The van der Waals surface area contributed by atoms with Gasteiger partial charge in [-0.2, -0.15) is 10.2 Å². The Morgan fingerprint density at radius 1 is 1.14 bits per heavy atom. The molecule has 2 aromatic carbocycles. The number of rotatable bonds is 5. The second kappa shape index (κ2) is 8.55. The summed E-state index contributed by atoms with van der Waals surface area (Å²) in [5.41, 5.74) is 4.33. The highest BCUT2D eigenvalue weighted by atomic mass is 35.5. The highest BCUT2D eigenvalue weighted by Crippen LogP contribution is 2.30. The smallest absolute Gasteiger partial charge is 0.291 e. The second-order valence-corrected chi connectivity index (χ2v) is 7.08. The molecule has 3 aromatic rings. The van der Waals surface area contributed by atoms with Crippen LogP contribution in [0.5, 0.6) is 11.5 Å². The molecule has 1 N–H and O–H groups in total. The summed E-state index contributed by atoms with van der Waals surface area (Å²) in [5.74, 6) is 0.939. The van der Waals surface area contributed by atoms with E-state index >= 15 is 0 Å². The van der Waals surface area contributed by atoms with Crippen LogP contribution in [0.15, 0.2) is 53.8 Å². The predicted molar refractivity (Wildman–Crippen MR) is 110 cm³/mol. The van der Waals surface area contributed by atoms with E-state index in [1.54, 1.807) is 41.2 Å². The molecule has 0 bridgehead atoms. The van der Waals surface area contributed by atoms with Gasteiger partial charge in [0.1, 0.15) is 13.2 Å². The summed E-state index contributed by atoms with van der Waals surface area (Å²) in [6.45, 7) is 1.46.